The highest BCUT2D eigenvalue weighted by molar-refractivity contribution is 6.30. The fourth-order valence-electron chi connectivity index (χ4n) is 3.48. The van der Waals surface area contributed by atoms with E-state index >= 15 is 0 Å². The summed E-state index contributed by atoms with van der Waals surface area (Å²) in [5, 5.41) is 13.3. The molecular formula is C23H19ClN4O3. The number of nitrogens with one attached hydrogen (secondary N) is 1. The molecule has 0 fully saturated rings. The summed E-state index contributed by atoms with van der Waals surface area (Å²) in [5.41, 5.74) is 4.73. The molecule has 0 radical (unpaired) electrons. The van der Waals surface area contributed by atoms with E-state index in [0.29, 0.717) is 22.2 Å². The molecule has 2 N–H and O–H groups in total. The predicted octanol–water partition coefficient (Wildman–Crippen LogP) is 4.69. The number of halogens is 1. The van der Waals surface area contributed by atoms with Gasteiger partial charge in [0.15, 0.2) is 5.75 Å². The molecule has 0 amide bonds. The summed E-state index contributed by atoms with van der Waals surface area (Å²) in [6, 6.07) is 11.2. The van der Waals surface area contributed by atoms with Crippen LogP contribution in [0.25, 0.3) is 33.2 Å². The number of carboxylic acid groups (broad SMARTS) is 1. The van der Waals surface area contributed by atoms with Crippen LogP contribution in [0.1, 0.15) is 5.56 Å². The quantitative estimate of drug-likeness (QED) is 0.454. The van der Waals surface area contributed by atoms with Crippen LogP contribution in [-0.4, -0.2) is 40.2 Å². The molecule has 156 valence electrons. The zero-order valence-electron chi connectivity index (χ0n) is 16.9. The van der Waals surface area contributed by atoms with Crippen molar-refractivity contribution in [2.45, 2.75) is 6.42 Å². The molecular weight excluding hydrogens is 416 g/mol. The van der Waals surface area contributed by atoms with E-state index < -0.39 is 5.97 Å². The van der Waals surface area contributed by atoms with Crippen molar-refractivity contribution in [2.75, 3.05) is 19.5 Å². The van der Waals surface area contributed by atoms with E-state index in [-0.39, 0.29) is 6.42 Å². The number of benzene rings is 2. The molecule has 0 unspecified atom stereocenters. The first-order chi connectivity index (χ1) is 15.0. The molecule has 7 nitrogen and oxygen atoms in total. The Balaban J connectivity index is 1.99. The normalized spacial score (nSPS) is 10.8. The van der Waals surface area contributed by atoms with Crippen molar-refractivity contribution in [1.29, 1.82) is 0 Å². The minimum atomic E-state index is -0.872. The van der Waals surface area contributed by atoms with Gasteiger partial charge in [-0.1, -0.05) is 35.9 Å². The van der Waals surface area contributed by atoms with Crippen molar-refractivity contribution in [2.24, 2.45) is 0 Å². The van der Waals surface area contributed by atoms with Crippen molar-refractivity contribution >= 4 is 34.4 Å². The number of aromatic nitrogens is 3. The molecule has 2 heterocycles. The lowest BCUT2D eigenvalue weighted by molar-refractivity contribution is -0.136. The van der Waals surface area contributed by atoms with Crippen LogP contribution in [0.5, 0.6) is 5.75 Å². The summed E-state index contributed by atoms with van der Waals surface area (Å²) in [6.45, 7) is 0. The molecule has 2 aromatic carbocycles. The fourth-order valence-corrected chi connectivity index (χ4v) is 3.66. The highest BCUT2D eigenvalue weighted by Gasteiger charge is 2.18. The number of carboxylic acids is 1. The van der Waals surface area contributed by atoms with Gasteiger partial charge in [-0.25, -0.2) is 9.97 Å². The zero-order chi connectivity index (χ0) is 22.0. The second-order valence-electron chi connectivity index (χ2n) is 6.87. The molecule has 2 aromatic heterocycles. The number of rotatable bonds is 6. The van der Waals surface area contributed by atoms with Crippen LogP contribution in [0, 0.1) is 0 Å². The lowest BCUT2D eigenvalue weighted by Crippen LogP contribution is -2.01. The maximum Gasteiger partial charge on any atom is 0.307 e. The Labute approximate surface area is 183 Å². The van der Waals surface area contributed by atoms with Gasteiger partial charge in [-0.05, 0) is 28.8 Å². The first-order valence-corrected chi connectivity index (χ1v) is 9.85. The second kappa shape index (κ2) is 8.57. The number of aliphatic carboxylic acids is 1. The summed E-state index contributed by atoms with van der Waals surface area (Å²) in [6.07, 6.45) is 5.02. The SMILES string of the molecule is CNc1ncc2c(-c3cncc(Cl)c3)cc(-c3ccc(CC(=O)O)cc3)c(OC)c2n1. The van der Waals surface area contributed by atoms with E-state index in [1.54, 1.807) is 44.9 Å². The first kappa shape index (κ1) is 20.6. The van der Waals surface area contributed by atoms with Gasteiger partial charge < -0.3 is 15.2 Å². The average molecular weight is 435 g/mol. The van der Waals surface area contributed by atoms with Gasteiger partial charge in [-0.2, -0.15) is 0 Å². The Morgan fingerprint density at radius 2 is 1.87 bits per heavy atom. The van der Waals surface area contributed by atoms with Crippen molar-refractivity contribution in [3.63, 3.8) is 0 Å². The Hall–Kier alpha value is -3.71. The number of pyridine rings is 1. The summed E-state index contributed by atoms with van der Waals surface area (Å²) in [5.74, 6) is 0.191. The van der Waals surface area contributed by atoms with Gasteiger partial charge in [0.2, 0.25) is 5.95 Å². The number of ether oxygens (including phenoxy) is 1. The number of fused-ring (bicyclic) bond motifs is 1. The Bertz CT molecular complexity index is 1280. The number of anilines is 1. The molecule has 0 saturated heterocycles. The molecule has 0 bridgehead atoms. The number of methoxy groups -OCH3 is 1. The Kier molecular flexibility index (Phi) is 5.68. The van der Waals surface area contributed by atoms with Gasteiger partial charge in [0.25, 0.3) is 0 Å². The van der Waals surface area contributed by atoms with Crippen molar-refractivity contribution in [3.05, 3.63) is 65.6 Å². The van der Waals surface area contributed by atoms with Gasteiger partial charge in [0.05, 0.1) is 18.6 Å². The smallest absolute Gasteiger partial charge is 0.307 e. The highest BCUT2D eigenvalue weighted by atomic mass is 35.5. The van der Waals surface area contributed by atoms with Crippen LogP contribution in [-0.2, 0) is 11.2 Å². The Morgan fingerprint density at radius 3 is 2.52 bits per heavy atom. The van der Waals surface area contributed by atoms with Crippen LogP contribution < -0.4 is 10.1 Å². The topological polar surface area (TPSA) is 97.2 Å². The van der Waals surface area contributed by atoms with E-state index in [0.717, 1.165) is 33.2 Å². The molecule has 0 aliphatic rings. The zero-order valence-corrected chi connectivity index (χ0v) is 17.6. The van der Waals surface area contributed by atoms with Crippen LogP contribution in [0.15, 0.2) is 55.0 Å². The monoisotopic (exact) mass is 434 g/mol. The van der Waals surface area contributed by atoms with E-state index in [4.69, 9.17) is 21.4 Å². The van der Waals surface area contributed by atoms with E-state index in [1.807, 2.05) is 24.3 Å². The van der Waals surface area contributed by atoms with Crippen LogP contribution in [0.4, 0.5) is 5.95 Å². The maximum atomic E-state index is 11.0. The van der Waals surface area contributed by atoms with Gasteiger partial charge >= 0.3 is 5.97 Å². The lowest BCUT2D eigenvalue weighted by atomic mass is 9.94. The lowest BCUT2D eigenvalue weighted by Gasteiger charge is -2.16. The van der Waals surface area contributed by atoms with Crippen LogP contribution >= 0.6 is 11.6 Å². The summed E-state index contributed by atoms with van der Waals surface area (Å²) < 4.78 is 5.77. The fraction of sp³-hybridized carbons (Fsp3) is 0.130. The maximum absolute atomic E-state index is 11.0. The standard InChI is InChI=1S/C23H19ClN4O3/c1-25-23-27-12-19-17(15-8-16(24)11-26-10-15)9-18(22(31-2)21(19)28-23)14-5-3-13(4-6-14)7-20(29)30/h3-6,8-12H,7H2,1-2H3,(H,29,30)(H,25,27,28). The van der Waals surface area contributed by atoms with Gasteiger partial charge in [0, 0.05) is 42.2 Å². The molecule has 31 heavy (non-hydrogen) atoms. The summed E-state index contributed by atoms with van der Waals surface area (Å²) in [7, 11) is 3.35. The second-order valence-corrected chi connectivity index (χ2v) is 7.31. The molecule has 0 aliphatic heterocycles. The molecule has 0 saturated carbocycles. The molecule has 4 rings (SSSR count). The first-order valence-electron chi connectivity index (χ1n) is 9.47. The van der Waals surface area contributed by atoms with Gasteiger partial charge in [0.1, 0.15) is 5.52 Å². The number of hydrogen-bond acceptors (Lipinski definition) is 6. The molecule has 8 heteroatoms. The highest BCUT2D eigenvalue weighted by Crippen LogP contribution is 2.42. The molecule has 4 aromatic rings. The van der Waals surface area contributed by atoms with E-state index in [9.17, 15) is 4.79 Å². The van der Waals surface area contributed by atoms with Crippen LogP contribution in [0.3, 0.4) is 0 Å². The number of carbonyl (C=O) groups is 1. The molecule has 0 spiro atoms. The summed E-state index contributed by atoms with van der Waals surface area (Å²) >= 11 is 6.19. The minimum absolute atomic E-state index is 0.0344. The third-order valence-corrected chi connectivity index (χ3v) is 5.10. The summed E-state index contributed by atoms with van der Waals surface area (Å²) in [4.78, 5) is 24.2. The van der Waals surface area contributed by atoms with Gasteiger partial charge in [-0.15, -0.1) is 0 Å². The molecule has 0 aliphatic carbocycles. The van der Waals surface area contributed by atoms with Crippen molar-refractivity contribution in [1.82, 2.24) is 15.0 Å². The number of nitrogens with zero attached hydrogens (tertiary/aromatic N) is 3. The van der Waals surface area contributed by atoms with Crippen molar-refractivity contribution in [3.8, 4) is 28.0 Å². The van der Waals surface area contributed by atoms with E-state index in [2.05, 4.69) is 20.3 Å². The minimum Gasteiger partial charge on any atom is -0.494 e. The molecule has 0 atom stereocenters. The van der Waals surface area contributed by atoms with Crippen molar-refractivity contribution < 1.29 is 14.6 Å². The predicted molar refractivity (Wildman–Crippen MR) is 121 cm³/mol. The van der Waals surface area contributed by atoms with Crippen LogP contribution in [0.2, 0.25) is 5.02 Å². The van der Waals surface area contributed by atoms with Gasteiger partial charge in [-0.3, -0.25) is 9.78 Å². The average Bonchev–Trinajstić information content (AvgIpc) is 2.77. The third kappa shape index (κ3) is 4.13. The largest absolute Gasteiger partial charge is 0.494 e. The third-order valence-electron chi connectivity index (χ3n) is 4.89. The van der Waals surface area contributed by atoms with E-state index in [1.165, 1.54) is 0 Å². The number of hydrogen-bond donors (Lipinski definition) is 2. The Morgan fingerprint density at radius 1 is 1.10 bits per heavy atom.